The highest BCUT2D eigenvalue weighted by molar-refractivity contribution is 7.11. The number of carbonyl (C=O) groups is 3. The molecule has 4 rings (SSSR count). The normalized spacial score (nSPS) is 20.7. The quantitative estimate of drug-likeness (QED) is 0.374. The van der Waals surface area contributed by atoms with Crippen LogP contribution >= 0.6 is 23.7 Å². The monoisotopic (exact) mass is 608 g/mol. The van der Waals surface area contributed by atoms with Crippen LogP contribution in [0.15, 0.2) is 18.2 Å². The number of nitrogens with one attached hydrogen (secondary N) is 4. The lowest BCUT2D eigenvalue weighted by Crippen LogP contribution is -2.50. The lowest BCUT2D eigenvalue weighted by atomic mass is 9.75. The maximum atomic E-state index is 14.0. The van der Waals surface area contributed by atoms with Gasteiger partial charge in [-0.25, -0.2) is 0 Å². The maximum absolute atomic E-state index is 14.0. The van der Waals surface area contributed by atoms with Crippen LogP contribution in [0.3, 0.4) is 0 Å². The van der Waals surface area contributed by atoms with E-state index in [0.29, 0.717) is 75.7 Å². The molecule has 2 aromatic rings. The van der Waals surface area contributed by atoms with Gasteiger partial charge in [0.2, 0.25) is 11.8 Å². The van der Waals surface area contributed by atoms with Crippen LogP contribution in [-0.4, -0.2) is 74.4 Å². The number of aromatic nitrogens is 2. The van der Waals surface area contributed by atoms with Crippen LogP contribution in [0.25, 0.3) is 0 Å². The number of nitrogens with zero attached hydrogens (tertiary/aromatic N) is 2. The second-order valence-corrected chi connectivity index (χ2v) is 11.8. The average molecular weight is 609 g/mol. The molecule has 1 aromatic heterocycles. The van der Waals surface area contributed by atoms with E-state index in [1.54, 1.807) is 13.2 Å². The van der Waals surface area contributed by atoms with E-state index in [0.717, 1.165) is 28.4 Å². The molecular formula is C28H41ClN6O5S. The molecule has 4 N–H and O–H groups in total. The Morgan fingerprint density at radius 1 is 1.17 bits per heavy atom. The summed E-state index contributed by atoms with van der Waals surface area (Å²) in [6.07, 6.45) is 4.84. The van der Waals surface area contributed by atoms with E-state index >= 15 is 0 Å². The van der Waals surface area contributed by atoms with Gasteiger partial charge in [-0.15, -0.1) is 33.9 Å². The molecule has 2 aliphatic rings. The molecular weight excluding hydrogens is 568 g/mol. The smallest absolute Gasteiger partial charge is 0.257 e. The number of carbonyl (C=O) groups excluding carboxylic acids is 3. The maximum Gasteiger partial charge on any atom is 0.257 e. The molecule has 1 unspecified atom stereocenters. The Kier molecular flexibility index (Phi) is 12.6. The van der Waals surface area contributed by atoms with Gasteiger partial charge in [-0.2, -0.15) is 0 Å². The summed E-state index contributed by atoms with van der Waals surface area (Å²) in [7, 11) is 1.55. The highest BCUT2D eigenvalue weighted by Gasteiger charge is 2.43. The molecule has 1 saturated carbocycles. The van der Waals surface area contributed by atoms with Crippen molar-refractivity contribution in [1.29, 1.82) is 0 Å². The van der Waals surface area contributed by atoms with Gasteiger partial charge in [-0.05, 0) is 56.3 Å². The van der Waals surface area contributed by atoms with E-state index in [9.17, 15) is 14.4 Å². The number of methoxy groups -OCH3 is 1. The molecule has 41 heavy (non-hydrogen) atoms. The average Bonchev–Trinajstić information content (AvgIpc) is 3.66. The number of rotatable bonds is 7. The second-order valence-electron chi connectivity index (χ2n) is 10.6. The molecule has 11 nitrogen and oxygen atoms in total. The number of hydrogen-bond donors (Lipinski definition) is 4. The van der Waals surface area contributed by atoms with E-state index in [2.05, 4.69) is 31.5 Å². The van der Waals surface area contributed by atoms with Crippen molar-refractivity contribution in [3.63, 3.8) is 0 Å². The van der Waals surface area contributed by atoms with E-state index in [-0.39, 0.29) is 43.3 Å². The van der Waals surface area contributed by atoms with Gasteiger partial charge in [-0.3, -0.25) is 14.4 Å². The molecule has 2 bridgehead atoms. The summed E-state index contributed by atoms with van der Waals surface area (Å²) < 4.78 is 11.3. The van der Waals surface area contributed by atoms with Crippen LogP contribution in [0, 0.1) is 18.3 Å². The third-order valence-corrected chi connectivity index (χ3v) is 8.08. The summed E-state index contributed by atoms with van der Waals surface area (Å²) in [5.74, 6) is 0.981. The van der Waals surface area contributed by atoms with Gasteiger partial charge in [0.05, 0.1) is 12.5 Å². The Balaban J connectivity index is 0.00000462. The lowest BCUT2D eigenvalue weighted by molar-refractivity contribution is -0.132. The molecule has 1 aromatic carbocycles. The number of hydrogen-bond acceptors (Lipinski definition) is 9. The van der Waals surface area contributed by atoms with Crippen molar-refractivity contribution in [3.05, 3.63) is 33.8 Å². The molecule has 0 radical (unpaired) electrons. The fourth-order valence-corrected chi connectivity index (χ4v) is 5.63. The van der Waals surface area contributed by atoms with Crippen LogP contribution in [0.4, 0.5) is 0 Å². The highest BCUT2D eigenvalue weighted by atomic mass is 35.5. The number of aryl methyl sites for hydroxylation is 1. The Morgan fingerprint density at radius 2 is 2.00 bits per heavy atom. The van der Waals surface area contributed by atoms with E-state index < -0.39 is 5.41 Å². The zero-order valence-electron chi connectivity index (χ0n) is 23.8. The van der Waals surface area contributed by atoms with Crippen LogP contribution in [0.2, 0.25) is 0 Å². The molecule has 1 aliphatic carbocycles. The Bertz CT molecular complexity index is 1180. The lowest BCUT2D eigenvalue weighted by Gasteiger charge is -2.33. The minimum Gasteiger partial charge on any atom is -0.493 e. The summed E-state index contributed by atoms with van der Waals surface area (Å²) in [6.45, 7) is 4.14. The summed E-state index contributed by atoms with van der Waals surface area (Å²) in [4.78, 5) is 39.1. The van der Waals surface area contributed by atoms with Crippen molar-refractivity contribution in [2.45, 2.75) is 51.9 Å². The third kappa shape index (κ3) is 10.1. The molecule has 226 valence electrons. The minimum atomic E-state index is -0.846. The largest absolute Gasteiger partial charge is 0.493 e. The van der Waals surface area contributed by atoms with Crippen molar-refractivity contribution in [3.8, 4) is 11.5 Å². The van der Waals surface area contributed by atoms with Gasteiger partial charge in [-0.1, -0.05) is 18.9 Å². The Labute approximate surface area is 251 Å². The van der Waals surface area contributed by atoms with Crippen LogP contribution in [0.5, 0.6) is 11.5 Å². The fraction of sp³-hybridized carbons (Fsp3) is 0.607. The third-order valence-electron chi connectivity index (χ3n) is 7.18. The topological polar surface area (TPSA) is 144 Å². The number of fused-ring (bicyclic) bond motifs is 2. The predicted octanol–water partition coefficient (Wildman–Crippen LogP) is 1.96. The highest BCUT2D eigenvalue weighted by Crippen LogP contribution is 2.43. The first-order valence-corrected chi connectivity index (χ1v) is 14.8. The molecule has 13 heteroatoms. The second kappa shape index (κ2) is 15.9. The molecule has 0 spiro atoms. The summed E-state index contributed by atoms with van der Waals surface area (Å²) in [6, 6.07) is 5.54. The van der Waals surface area contributed by atoms with Gasteiger partial charge in [0.1, 0.15) is 10.0 Å². The first-order chi connectivity index (χ1) is 19.4. The number of ether oxygens (including phenoxy) is 2. The molecule has 2 heterocycles. The first kappa shape index (κ1) is 32.6. The molecule has 1 fully saturated rings. The van der Waals surface area contributed by atoms with E-state index in [1.807, 2.05) is 19.1 Å². The van der Waals surface area contributed by atoms with Crippen LogP contribution < -0.4 is 30.7 Å². The zero-order valence-corrected chi connectivity index (χ0v) is 25.4. The molecule has 0 saturated heterocycles. The van der Waals surface area contributed by atoms with Crippen LogP contribution in [0.1, 0.15) is 47.7 Å². The molecule has 1 aliphatic heterocycles. The Hall–Kier alpha value is -2.96. The standard InChI is InChI=1S/C28H40N6O5S.ClH/c1-19-33-34-26(40-19)9-11-31-27(37)28(15-20-5-6-20)16-21-7-8-22(38-2)23(14-21)39-17-25(36)30-13-12-29-10-3-4-24(35)32-18-28;/h7-8,14,20,29H,3-6,9-13,15-18H2,1-2H3,(H,30,36)(H,31,37)(H,32,35);1H. The van der Waals surface area contributed by atoms with Gasteiger partial charge in [0, 0.05) is 39.0 Å². The summed E-state index contributed by atoms with van der Waals surface area (Å²) in [5, 5.41) is 22.3. The number of benzene rings is 1. The van der Waals surface area contributed by atoms with Crippen molar-refractivity contribution in [2.24, 2.45) is 11.3 Å². The number of halogens is 1. The molecule has 3 amide bonds. The van der Waals surface area contributed by atoms with Gasteiger partial charge in [0.15, 0.2) is 18.1 Å². The van der Waals surface area contributed by atoms with Gasteiger partial charge in [0.25, 0.3) is 5.91 Å². The first-order valence-electron chi connectivity index (χ1n) is 14.0. The molecule has 1 atom stereocenters. The van der Waals surface area contributed by atoms with Gasteiger partial charge >= 0.3 is 0 Å². The predicted molar refractivity (Wildman–Crippen MR) is 159 cm³/mol. The fourth-order valence-electron chi connectivity index (χ4n) is 4.92. The van der Waals surface area contributed by atoms with E-state index in [1.165, 1.54) is 11.3 Å². The minimum absolute atomic E-state index is 0. The van der Waals surface area contributed by atoms with Crippen LogP contribution in [-0.2, 0) is 27.2 Å². The Morgan fingerprint density at radius 3 is 2.73 bits per heavy atom. The van der Waals surface area contributed by atoms with E-state index in [4.69, 9.17) is 9.47 Å². The number of amides is 3. The van der Waals surface area contributed by atoms with Gasteiger partial charge < -0.3 is 30.7 Å². The van der Waals surface area contributed by atoms with Crippen molar-refractivity contribution >= 4 is 41.5 Å². The summed E-state index contributed by atoms with van der Waals surface area (Å²) >= 11 is 1.52. The van der Waals surface area contributed by atoms with Crippen molar-refractivity contribution < 1.29 is 23.9 Å². The van der Waals surface area contributed by atoms with Crippen molar-refractivity contribution in [2.75, 3.05) is 46.4 Å². The summed E-state index contributed by atoms with van der Waals surface area (Å²) in [5.41, 5.74) is 0.0205. The van der Waals surface area contributed by atoms with Crippen molar-refractivity contribution in [1.82, 2.24) is 31.5 Å². The zero-order chi connectivity index (χ0) is 28.4. The SMILES string of the molecule is COc1ccc2cc1OCC(=O)NCCNCCCC(=O)NCC(CC1CC1)(C(=O)NCCc1nnc(C)s1)C2.Cl.